The molecule has 1 aliphatic rings. The second-order valence-corrected chi connectivity index (χ2v) is 3.84. The summed E-state index contributed by atoms with van der Waals surface area (Å²) in [5, 5.41) is 7.19. The number of hydrogen-bond donors (Lipinski definition) is 1. The normalized spacial score (nSPS) is 14.6. The lowest BCUT2D eigenvalue weighted by Crippen LogP contribution is -2.32. The lowest BCUT2D eigenvalue weighted by Gasteiger charge is -2.18. The quantitative estimate of drug-likeness (QED) is 0.823. The topological polar surface area (TPSA) is 58.4 Å². The van der Waals surface area contributed by atoms with Gasteiger partial charge in [-0.1, -0.05) is 5.16 Å². The first kappa shape index (κ1) is 11.1. The number of nitrogens with one attached hydrogen (secondary N) is 1. The second-order valence-electron chi connectivity index (χ2n) is 3.84. The number of amides is 1. The molecule has 0 unspecified atom stereocenters. The van der Waals surface area contributed by atoms with Gasteiger partial charge in [0.1, 0.15) is 0 Å². The van der Waals surface area contributed by atoms with Crippen molar-refractivity contribution in [2.45, 2.75) is 26.8 Å². The maximum atomic E-state index is 12.1. The number of fused-ring (bicyclic) bond motifs is 1. The summed E-state index contributed by atoms with van der Waals surface area (Å²) in [5.74, 6) is 0.355. The molecule has 2 rings (SSSR count). The molecule has 16 heavy (non-hydrogen) atoms. The predicted octanol–water partition coefficient (Wildman–Crippen LogP) is 0.802. The number of aromatic nitrogens is 1. The number of carbonyl (C=O) groups is 1. The van der Waals surface area contributed by atoms with Crippen LogP contribution < -0.4 is 5.32 Å². The van der Waals surface area contributed by atoms with E-state index >= 15 is 0 Å². The predicted molar refractivity (Wildman–Crippen MR) is 59.2 cm³/mol. The highest BCUT2D eigenvalue weighted by Crippen LogP contribution is 2.19. The number of carbonyl (C=O) groups excluding carboxylic acids is 1. The summed E-state index contributed by atoms with van der Waals surface area (Å²) >= 11 is 0. The van der Waals surface area contributed by atoms with Crippen molar-refractivity contribution in [3.8, 4) is 0 Å². The Morgan fingerprint density at radius 1 is 1.50 bits per heavy atom. The van der Waals surface area contributed by atoms with E-state index < -0.39 is 0 Å². The monoisotopic (exact) mass is 223 g/mol. The standard InChI is InChI=1S/C11H17N3O2/c1-3-14(4-2)11(15)10-8-7-12-6-5-9(8)13-16-10/h12H,3-7H2,1-2H3. The Morgan fingerprint density at radius 2 is 2.25 bits per heavy atom. The van der Waals surface area contributed by atoms with E-state index in [0.717, 1.165) is 24.2 Å². The lowest BCUT2D eigenvalue weighted by atomic mass is 10.1. The van der Waals surface area contributed by atoms with Crippen molar-refractivity contribution in [1.82, 2.24) is 15.4 Å². The van der Waals surface area contributed by atoms with Crippen LogP contribution in [0.5, 0.6) is 0 Å². The molecule has 0 radical (unpaired) electrons. The Morgan fingerprint density at radius 3 is 2.94 bits per heavy atom. The molecule has 0 saturated heterocycles. The Bertz CT molecular complexity index is 383. The molecule has 0 aliphatic carbocycles. The third-order valence-corrected chi connectivity index (χ3v) is 2.95. The van der Waals surface area contributed by atoms with Crippen molar-refractivity contribution in [1.29, 1.82) is 0 Å². The summed E-state index contributed by atoms with van der Waals surface area (Å²) in [7, 11) is 0. The molecule has 0 fully saturated rings. The molecule has 5 heteroatoms. The molecular formula is C11H17N3O2. The van der Waals surface area contributed by atoms with Crippen molar-refractivity contribution >= 4 is 5.91 Å². The maximum absolute atomic E-state index is 12.1. The van der Waals surface area contributed by atoms with Crippen molar-refractivity contribution in [2.75, 3.05) is 19.6 Å². The van der Waals surface area contributed by atoms with E-state index in [1.54, 1.807) is 4.90 Å². The lowest BCUT2D eigenvalue weighted by molar-refractivity contribution is 0.0729. The molecule has 1 aliphatic heterocycles. The Kier molecular flexibility index (Phi) is 3.24. The summed E-state index contributed by atoms with van der Waals surface area (Å²) in [5.41, 5.74) is 1.86. The molecule has 5 nitrogen and oxygen atoms in total. The molecule has 0 saturated carbocycles. The van der Waals surface area contributed by atoms with Crippen LogP contribution in [0.3, 0.4) is 0 Å². The van der Waals surface area contributed by atoms with Gasteiger partial charge >= 0.3 is 0 Å². The van der Waals surface area contributed by atoms with E-state index in [9.17, 15) is 4.79 Å². The molecule has 1 aromatic rings. The molecule has 0 bridgehead atoms. The molecule has 1 N–H and O–H groups in total. The minimum absolute atomic E-state index is 0.0533. The fraction of sp³-hybridized carbons (Fsp3) is 0.636. The van der Waals surface area contributed by atoms with E-state index in [0.29, 0.717) is 25.4 Å². The zero-order chi connectivity index (χ0) is 11.5. The zero-order valence-electron chi connectivity index (χ0n) is 9.75. The summed E-state index contributed by atoms with van der Waals surface area (Å²) in [6.07, 6.45) is 0.838. The van der Waals surface area contributed by atoms with Crippen molar-refractivity contribution in [3.63, 3.8) is 0 Å². The Balaban J connectivity index is 2.26. The van der Waals surface area contributed by atoms with Gasteiger partial charge in [0.2, 0.25) is 5.76 Å². The van der Waals surface area contributed by atoms with Crippen LogP contribution in [0.4, 0.5) is 0 Å². The maximum Gasteiger partial charge on any atom is 0.292 e. The molecule has 2 heterocycles. The minimum atomic E-state index is -0.0533. The van der Waals surface area contributed by atoms with Gasteiger partial charge in [0.25, 0.3) is 5.91 Å². The van der Waals surface area contributed by atoms with E-state index in [1.807, 2.05) is 13.8 Å². The van der Waals surface area contributed by atoms with Crippen LogP contribution in [0.15, 0.2) is 4.52 Å². The Labute approximate surface area is 94.8 Å². The van der Waals surface area contributed by atoms with Gasteiger partial charge in [-0.3, -0.25) is 4.79 Å². The van der Waals surface area contributed by atoms with Gasteiger partial charge in [0, 0.05) is 38.2 Å². The average Bonchev–Trinajstić information content (AvgIpc) is 2.74. The second kappa shape index (κ2) is 4.65. The molecule has 1 aromatic heterocycles. The molecule has 1 amide bonds. The highest BCUT2D eigenvalue weighted by molar-refractivity contribution is 5.93. The highest BCUT2D eigenvalue weighted by Gasteiger charge is 2.26. The van der Waals surface area contributed by atoms with Gasteiger partial charge in [-0.15, -0.1) is 0 Å². The fourth-order valence-electron chi connectivity index (χ4n) is 1.96. The summed E-state index contributed by atoms with van der Waals surface area (Å²) < 4.78 is 5.18. The smallest absolute Gasteiger partial charge is 0.292 e. The van der Waals surface area contributed by atoms with Crippen LogP contribution in [-0.4, -0.2) is 35.6 Å². The van der Waals surface area contributed by atoms with Gasteiger partial charge in [0.15, 0.2) is 0 Å². The largest absolute Gasteiger partial charge is 0.350 e. The zero-order valence-corrected chi connectivity index (χ0v) is 9.75. The Hall–Kier alpha value is -1.36. The van der Waals surface area contributed by atoms with Crippen molar-refractivity contribution < 1.29 is 9.32 Å². The third kappa shape index (κ3) is 1.82. The van der Waals surface area contributed by atoms with Gasteiger partial charge in [-0.05, 0) is 13.8 Å². The van der Waals surface area contributed by atoms with Crippen LogP contribution in [0.1, 0.15) is 35.7 Å². The van der Waals surface area contributed by atoms with E-state index in [2.05, 4.69) is 10.5 Å². The number of hydrogen-bond acceptors (Lipinski definition) is 4. The van der Waals surface area contributed by atoms with Crippen LogP contribution in [0.2, 0.25) is 0 Å². The number of rotatable bonds is 3. The minimum Gasteiger partial charge on any atom is -0.350 e. The van der Waals surface area contributed by atoms with Crippen LogP contribution in [0.25, 0.3) is 0 Å². The van der Waals surface area contributed by atoms with E-state index in [4.69, 9.17) is 4.52 Å². The van der Waals surface area contributed by atoms with Crippen molar-refractivity contribution in [3.05, 3.63) is 17.0 Å². The summed E-state index contributed by atoms with van der Waals surface area (Å²) in [6, 6.07) is 0. The van der Waals surface area contributed by atoms with E-state index in [1.165, 1.54) is 0 Å². The van der Waals surface area contributed by atoms with Crippen LogP contribution in [0, 0.1) is 0 Å². The first-order valence-corrected chi connectivity index (χ1v) is 5.75. The molecule has 0 spiro atoms. The SMILES string of the molecule is CCN(CC)C(=O)c1onc2c1CNCC2. The van der Waals surface area contributed by atoms with Gasteiger partial charge in [-0.25, -0.2) is 0 Å². The molecular weight excluding hydrogens is 206 g/mol. The highest BCUT2D eigenvalue weighted by atomic mass is 16.5. The first-order chi connectivity index (χ1) is 7.77. The fourth-order valence-corrected chi connectivity index (χ4v) is 1.96. The average molecular weight is 223 g/mol. The van der Waals surface area contributed by atoms with Crippen LogP contribution >= 0.6 is 0 Å². The molecule has 0 atom stereocenters. The third-order valence-electron chi connectivity index (χ3n) is 2.95. The van der Waals surface area contributed by atoms with Crippen LogP contribution in [-0.2, 0) is 13.0 Å². The van der Waals surface area contributed by atoms with E-state index in [-0.39, 0.29) is 5.91 Å². The molecule has 0 aromatic carbocycles. The first-order valence-electron chi connectivity index (χ1n) is 5.75. The number of nitrogens with zero attached hydrogens (tertiary/aromatic N) is 2. The summed E-state index contributed by atoms with van der Waals surface area (Å²) in [6.45, 7) is 6.89. The van der Waals surface area contributed by atoms with Gasteiger partial charge in [0.05, 0.1) is 5.69 Å². The summed E-state index contributed by atoms with van der Waals surface area (Å²) in [4.78, 5) is 13.8. The van der Waals surface area contributed by atoms with Gasteiger partial charge in [-0.2, -0.15) is 0 Å². The molecule has 88 valence electrons. The van der Waals surface area contributed by atoms with Gasteiger partial charge < -0.3 is 14.7 Å². The van der Waals surface area contributed by atoms with Crippen molar-refractivity contribution in [2.24, 2.45) is 0 Å².